The molecule has 0 aliphatic heterocycles. The van der Waals surface area contributed by atoms with Crippen LogP contribution in [-0.2, 0) is 20.0 Å². The van der Waals surface area contributed by atoms with Gasteiger partial charge in [0.25, 0.3) is 10.0 Å². The van der Waals surface area contributed by atoms with Crippen LogP contribution in [0.25, 0.3) is 0 Å². The van der Waals surface area contributed by atoms with Crippen LogP contribution in [0.1, 0.15) is 6.92 Å². The van der Waals surface area contributed by atoms with E-state index in [4.69, 9.17) is 0 Å². The Morgan fingerprint density at radius 3 is 1.73 bits per heavy atom. The maximum Gasteiger partial charge on any atom is 0.256 e. The molecule has 0 aromatic rings. The Labute approximate surface area is 64.7 Å². The van der Waals surface area contributed by atoms with Gasteiger partial charge >= 0.3 is 0 Å². The van der Waals surface area contributed by atoms with Crippen LogP contribution in [0.4, 0.5) is 4.39 Å². The Kier molecular flexibility index (Phi) is 2.98. The largest absolute Gasteiger partial charge is 0.256 e. The topological polar surface area (TPSA) is 80.3 Å². The zero-order chi connectivity index (χ0) is 9.28. The molecule has 11 heavy (non-hydrogen) atoms. The first-order valence-corrected chi connectivity index (χ1v) is 5.95. The molecule has 0 saturated carbocycles. The molecule has 1 atom stereocenters. The van der Waals surface area contributed by atoms with E-state index < -0.39 is 25.6 Å². The summed E-state index contributed by atoms with van der Waals surface area (Å²) in [4.78, 5) is 0. The van der Waals surface area contributed by atoms with E-state index in [1.807, 2.05) is 0 Å². The second-order valence-corrected chi connectivity index (χ2v) is 5.89. The minimum absolute atomic E-state index is 0.632. The van der Waals surface area contributed by atoms with Crippen LogP contribution in [0.3, 0.4) is 0 Å². The first kappa shape index (κ1) is 10.8. The van der Waals surface area contributed by atoms with Gasteiger partial charge in [0.05, 0.1) is 6.26 Å². The Balaban J connectivity index is 4.68. The third-order valence-corrected chi connectivity index (χ3v) is 3.69. The number of alkyl halides is 1. The molecule has 8 heteroatoms. The molecule has 0 amide bonds. The van der Waals surface area contributed by atoms with Crippen LogP contribution in [-0.4, -0.2) is 28.6 Å². The standard InChI is InChI=1S/C3H8FNO4S2/c1-3(4)11(8,9)5-10(2,6)7/h3,5H,1-2H3. The molecule has 0 radical (unpaired) electrons. The number of nitrogens with one attached hydrogen (secondary N) is 1. The zero-order valence-electron chi connectivity index (χ0n) is 5.90. The van der Waals surface area contributed by atoms with Crippen molar-refractivity contribution in [1.29, 1.82) is 0 Å². The molecule has 68 valence electrons. The smallest absolute Gasteiger partial charge is 0.229 e. The Bertz CT molecular complexity index is 315. The van der Waals surface area contributed by atoms with E-state index in [1.165, 1.54) is 0 Å². The maximum absolute atomic E-state index is 12.1. The highest BCUT2D eigenvalue weighted by Gasteiger charge is 2.23. The van der Waals surface area contributed by atoms with E-state index in [2.05, 4.69) is 0 Å². The van der Waals surface area contributed by atoms with Gasteiger partial charge < -0.3 is 0 Å². The first-order valence-electron chi connectivity index (χ1n) is 2.51. The molecule has 5 nitrogen and oxygen atoms in total. The lowest BCUT2D eigenvalue weighted by atomic mass is 10.9. The Morgan fingerprint density at radius 2 is 1.64 bits per heavy atom. The van der Waals surface area contributed by atoms with Crippen LogP contribution in [0.15, 0.2) is 0 Å². The average molecular weight is 205 g/mol. The van der Waals surface area contributed by atoms with Gasteiger partial charge in [-0.3, -0.25) is 0 Å². The summed E-state index contributed by atoms with van der Waals surface area (Å²) in [6.07, 6.45) is 0.632. The van der Waals surface area contributed by atoms with Crippen LogP contribution < -0.4 is 4.13 Å². The molecule has 1 unspecified atom stereocenters. The summed E-state index contributed by atoms with van der Waals surface area (Å²) in [5.41, 5.74) is -2.24. The highest BCUT2D eigenvalue weighted by atomic mass is 32.3. The summed E-state index contributed by atoms with van der Waals surface area (Å²) in [5, 5.41) is 0. The van der Waals surface area contributed by atoms with Gasteiger partial charge in [0.2, 0.25) is 15.5 Å². The summed E-state index contributed by atoms with van der Waals surface area (Å²) >= 11 is 0. The third kappa shape index (κ3) is 4.27. The molecule has 0 fully saturated rings. The number of sulfonamides is 2. The first-order chi connectivity index (χ1) is 4.65. The molecular weight excluding hydrogens is 197 g/mol. The molecule has 0 aliphatic carbocycles. The van der Waals surface area contributed by atoms with Crippen molar-refractivity contribution in [3.8, 4) is 0 Å². The van der Waals surface area contributed by atoms with E-state index in [1.54, 1.807) is 0 Å². The summed E-state index contributed by atoms with van der Waals surface area (Å²) < 4.78 is 54.8. The maximum atomic E-state index is 12.1. The van der Waals surface area contributed by atoms with Gasteiger partial charge in [-0.25, -0.2) is 21.2 Å². The number of hydrogen-bond donors (Lipinski definition) is 1. The lowest BCUT2D eigenvalue weighted by Crippen LogP contribution is -2.34. The average Bonchev–Trinajstić information content (AvgIpc) is 1.56. The van der Waals surface area contributed by atoms with Crippen molar-refractivity contribution in [2.75, 3.05) is 6.26 Å². The molecule has 0 spiro atoms. The van der Waals surface area contributed by atoms with Gasteiger partial charge in [-0.2, -0.15) is 0 Å². The Morgan fingerprint density at radius 1 is 1.27 bits per heavy atom. The second kappa shape index (κ2) is 3.03. The SMILES string of the molecule is CC(F)S(=O)(=O)NS(C)(=O)=O. The molecular formula is C3H8FNO4S2. The van der Waals surface area contributed by atoms with Gasteiger partial charge in [-0.1, -0.05) is 0 Å². The molecule has 0 saturated heterocycles. The lowest BCUT2D eigenvalue weighted by Gasteiger charge is -2.03. The van der Waals surface area contributed by atoms with Crippen LogP contribution in [0, 0.1) is 0 Å². The summed E-state index contributed by atoms with van der Waals surface area (Å²) in [5.74, 6) is 0. The van der Waals surface area contributed by atoms with E-state index in [0.29, 0.717) is 6.26 Å². The molecule has 0 bridgehead atoms. The van der Waals surface area contributed by atoms with Crippen molar-refractivity contribution in [2.45, 2.75) is 12.4 Å². The number of hydrogen-bond acceptors (Lipinski definition) is 4. The minimum Gasteiger partial charge on any atom is -0.229 e. The van der Waals surface area contributed by atoms with Crippen LogP contribution in [0.5, 0.6) is 0 Å². The monoisotopic (exact) mass is 205 g/mol. The van der Waals surface area contributed by atoms with Crippen molar-refractivity contribution in [3.05, 3.63) is 0 Å². The second-order valence-electron chi connectivity index (χ2n) is 1.94. The quantitative estimate of drug-likeness (QED) is 0.652. The molecule has 1 N–H and O–H groups in total. The molecule has 0 aromatic heterocycles. The van der Waals surface area contributed by atoms with Crippen molar-refractivity contribution in [1.82, 2.24) is 4.13 Å². The van der Waals surface area contributed by atoms with E-state index in [-0.39, 0.29) is 0 Å². The fourth-order valence-electron chi connectivity index (χ4n) is 0.277. The van der Waals surface area contributed by atoms with Gasteiger partial charge in [-0.05, 0) is 6.92 Å². The number of halogens is 1. The van der Waals surface area contributed by atoms with Crippen LogP contribution in [0.2, 0.25) is 0 Å². The van der Waals surface area contributed by atoms with Crippen molar-refractivity contribution in [2.24, 2.45) is 0 Å². The highest BCUT2D eigenvalue weighted by molar-refractivity contribution is 8.04. The fourth-order valence-corrected chi connectivity index (χ4v) is 2.50. The normalized spacial score (nSPS) is 16.3. The zero-order valence-corrected chi connectivity index (χ0v) is 7.54. The van der Waals surface area contributed by atoms with Gasteiger partial charge in [0.1, 0.15) is 0 Å². The molecule has 0 rings (SSSR count). The predicted molar refractivity (Wildman–Crippen MR) is 37.5 cm³/mol. The van der Waals surface area contributed by atoms with Crippen LogP contribution >= 0.6 is 0 Å². The molecule has 0 aromatic carbocycles. The molecule has 0 heterocycles. The van der Waals surface area contributed by atoms with Crippen molar-refractivity contribution in [3.63, 3.8) is 0 Å². The van der Waals surface area contributed by atoms with Crippen molar-refractivity contribution >= 4 is 20.0 Å². The Hall–Kier alpha value is -0.210. The highest BCUT2D eigenvalue weighted by Crippen LogP contribution is 1.99. The lowest BCUT2D eigenvalue weighted by molar-refractivity contribution is 0.441. The minimum atomic E-state index is -4.36. The molecule has 0 aliphatic rings. The van der Waals surface area contributed by atoms with E-state index in [0.717, 1.165) is 11.1 Å². The summed E-state index contributed by atoms with van der Waals surface area (Å²) in [6, 6.07) is 0. The fraction of sp³-hybridized carbons (Fsp3) is 1.00. The van der Waals surface area contributed by atoms with Gasteiger partial charge in [0.15, 0.2) is 0 Å². The van der Waals surface area contributed by atoms with Gasteiger partial charge in [-0.15, -0.1) is 4.13 Å². The van der Waals surface area contributed by atoms with Crippen molar-refractivity contribution < 1.29 is 21.2 Å². The third-order valence-electron chi connectivity index (χ3n) is 0.695. The summed E-state index contributed by atoms with van der Waals surface area (Å²) in [7, 11) is -8.27. The van der Waals surface area contributed by atoms with E-state index >= 15 is 0 Å². The van der Waals surface area contributed by atoms with E-state index in [9.17, 15) is 21.2 Å². The number of rotatable bonds is 3. The predicted octanol–water partition coefficient (Wildman–Crippen LogP) is -0.819. The van der Waals surface area contributed by atoms with Gasteiger partial charge in [0, 0.05) is 0 Å². The summed E-state index contributed by atoms with van der Waals surface area (Å²) in [6.45, 7) is 0.730.